The van der Waals surface area contributed by atoms with Crippen LogP contribution in [0.1, 0.15) is 27.2 Å². The van der Waals surface area contributed by atoms with Crippen LogP contribution in [0.2, 0.25) is 0 Å². The van der Waals surface area contributed by atoms with E-state index in [-0.39, 0.29) is 5.41 Å². The van der Waals surface area contributed by atoms with Gasteiger partial charge in [0, 0.05) is 6.42 Å². The first-order valence-corrected chi connectivity index (χ1v) is 5.04. The Morgan fingerprint density at radius 3 is 2.45 bits per heavy atom. The Bertz CT molecular complexity index is 132. The van der Waals surface area contributed by atoms with Crippen LogP contribution in [0.15, 0.2) is 0 Å². The molecule has 0 aromatic carbocycles. The van der Waals surface area contributed by atoms with Crippen LogP contribution in [0.3, 0.4) is 0 Å². The number of hydrogen-bond donors (Lipinski definition) is 2. The molecule has 0 atom stereocenters. The zero-order valence-corrected chi connectivity index (χ0v) is 8.42. The summed E-state index contributed by atoms with van der Waals surface area (Å²) in [4.78, 5) is 0. The van der Waals surface area contributed by atoms with Crippen LogP contribution in [-0.4, -0.2) is 17.3 Å². The number of thioether (sulfide) groups is 1. The summed E-state index contributed by atoms with van der Waals surface area (Å²) in [5.41, 5.74) is 5.51. The quantitative estimate of drug-likeness (QED) is 0.495. The molecule has 0 saturated heterocycles. The zero-order chi connectivity index (χ0) is 8.91. The number of amidine groups is 1. The van der Waals surface area contributed by atoms with Gasteiger partial charge in [-0.1, -0.05) is 20.8 Å². The Hall–Kier alpha value is -0.180. The summed E-state index contributed by atoms with van der Waals surface area (Å²) in [5.74, 6) is 2.52. The Kier molecular flexibility index (Phi) is 4.57. The Morgan fingerprint density at radius 2 is 2.09 bits per heavy atom. The Balaban J connectivity index is 3.70. The van der Waals surface area contributed by atoms with Gasteiger partial charge in [-0.05, 0) is 16.9 Å². The van der Waals surface area contributed by atoms with Crippen molar-refractivity contribution in [2.45, 2.75) is 27.2 Å². The van der Waals surface area contributed by atoms with E-state index in [1.165, 1.54) is 0 Å². The van der Waals surface area contributed by atoms with E-state index in [2.05, 4.69) is 20.8 Å². The monoisotopic (exact) mass is 174 g/mol. The van der Waals surface area contributed by atoms with E-state index in [1.54, 1.807) is 0 Å². The highest BCUT2D eigenvalue weighted by molar-refractivity contribution is 7.99. The maximum atomic E-state index is 7.15. The predicted octanol–water partition coefficient (Wildman–Crippen LogP) is 2.09. The standard InChI is InChI=1S/C8H18N2S/c1-4-11-6-8(2,3)5-7(9)10/h4-6H2,1-3H3,(H3,9,10). The fourth-order valence-corrected chi connectivity index (χ4v) is 1.80. The molecule has 0 unspecified atom stereocenters. The van der Waals surface area contributed by atoms with E-state index in [4.69, 9.17) is 11.1 Å². The molecule has 0 spiro atoms. The van der Waals surface area contributed by atoms with Crippen molar-refractivity contribution in [3.05, 3.63) is 0 Å². The van der Waals surface area contributed by atoms with Crippen molar-refractivity contribution in [3.8, 4) is 0 Å². The van der Waals surface area contributed by atoms with Gasteiger partial charge in [0.1, 0.15) is 0 Å². The smallest absolute Gasteiger partial charge is 0.0910 e. The molecule has 66 valence electrons. The first kappa shape index (κ1) is 10.8. The van der Waals surface area contributed by atoms with Gasteiger partial charge < -0.3 is 5.73 Å². The molecule has 0 amide bonds. The van der Waals surface area contributed by atoms with Crippen LogP contribution < -0.4 is 5.73 Å². The van der Waals surface area contributed by atoms with Gasteiger partial charge in [0.15, 0.2) is 0 Å². The number of nitrogens with two attached hydrogens (primary N) is 1. The molecule has 2 nitrogen and oxygen atoms in total. The Morgan fingerprint density at radius 1 is 1.55 bits per heavy atom. The van der Waals surface area contributed by atoms with Gasteiger partial charge >= 0.3 is 0 Å². The fraction of sp³-hybridized carbons (Fsp3) is 0.875. The molecular formula is C8H18N2S. The number of rotatable bonds is 5. The summed E-state index contributed by atoms with van der Waals surface area (Å²) in [6, 6.07) is 0. The van der Waals surface area contributed by atoms with Crippen LogP contribution in [0.4, 0.5) is 0 Å². The van der Waals surface area contributed by atoms with Crippen molar-refractivity contribution in [3.63, 3.8) is 0 Å². The van der Waals surface area contributed by atoms with Crippen LogP contribution in [-0.2, 0) is 0 Å². The van der Waals surface area contributed by atoms with Crippen molar-refractivity contribution < 1.29 is 0 Å². The third kappa shape index (κ3) is 6.23. The molecule has 0 aliphatic carbocycles. The maximum Gasteiger partial charge on any atom is 0.0910 e. The van der Waals surface area contributed by atoms with E-state index < -0.39 is 0 Å². The Labute approximate surface area is 73.4 Å². The summed E-state index contributed by atoms with van der Waals surface area (Å²) in [6.45, 7) is 6.45. The lowest BCUT2D eigenvalue weighted by Crippen LogP contribution is -2.24. The highest BCUT2D eigenvalue weighted by atomic mass is 32.2. The summed E-state index contributed by atoms with van der Waals surface area (Å²) in [7, 11) is 0. The second-order valence-corrected chi connectivity index (χ2v) is 4.78. The first-order valence-electron chi connectivity index (χ1n) is 3.88. The van der Waals surface area contributed by atoms with Gasteiger partial charge in [-0.3, -0.25) is 5.41 Å². The normalized spacial score (nSPS) is 11.5. The maximum absolute atomic E-state index is 7.15. The molecule has 0 saturated carbocycles. The van der Waals surface area contributed by atoms with Gasteiger partial charge in [0.25, 0.3) is 0 Å². The van der Waals surface area contributed by atoms with E-state index in [1.807, 2.05) is 11.8 Å². The fourth-order valence-electron chi connectivity index (χ4n) is 0.945. The van der Waals surface area contributed by atoms with Gasteiger partial charge in [0.05, 0.1) is 5.84 Å². The average molecular weight is 174 g/mol. The van der Waals surface area contributed by atoms with Gasteiger partial charge in [-0.2, -0.15) is 11.8 Å². The molecule has 0 aromatic rings. The van der Waals surface area contributed by atoms with Gasteiger partial charge in [-0.25, -0.2) is 0 Å². The number of nitrogens with one attached hydrogen (secondary N) is 1. The molecule has 0 aliphatic rings. The van der Waals surface area contributed by atoms with E-state index in [9.17, 15) is 0 Å². The average Bonchev–Trinajstić information content (AvgIpc) is 1.81. The van der Waals surface area contributed by atoms with Gasteiger partial charge in [0.2, 0.25) is 0 Å². The summed E-state index contributed by atoms with van der Waals surface area (Å²) in [6.07, 6.45) is 0.708. The topological polar surface area (TPSA) is 49.9 Å². The highest BCUT2D eigenvalue weighted by Gasteiger charge is 2.18. The molecule has 3 N–H and O–H groups in total. The van der Waals surface area contributed by atoms with E-state index >= 15 is 0 Å². The largest absolute Gasteiger partial charge is 0.388 e. The van der Waals surface area contributed by atoms with Crippen molar-refractivity contribution in [1.29, 1.82) is 5.41 Å². The molecule has 11 heavy (non-hydrogen) atoms. The molecule has 0 aliphatic heterocycles. The minimum atomic E-state index is 0.187. The van der Waals surface area contributed by atoms with Crippen LogP contribution in [0.25, 0.3) is 0 Å². The first-order chi connectivity index (χ1) is 4.98. The summed E-state index contributed by atoms with van der Waals surface area (Å²) in [5, 5.41) is 7.15. The molecular weight excluding hydrogens is 156 g/mol. The van der Waals surface area contributed by atoms with E-state index in [0.29, 0.717) is 12.3 Å². The molecule has 0 radical (unpaired) electrons. The molecule has 0 heterocycles. The molecule has 3 heteroatoms. The van der Waals surface area contributed by atoms with Crippen LogP contribution in [0.5, 0.6) is 0 Å². The second kappa shape index (κ2) is 4.65. The van der Waals surface area contributed by atoms with Crippen molar-refractivity contribution in [1.82, 2.24) is 0 Å². The molecule has 0 aromatic heterocycles. The summed E-state index contributed by atoms with van der Waals surface area (Å²) < 4.78 is 0. The third-order valence-electron chi connectivity index (χ3n) is 1.37. The van der Waals surface area contributed by atoms with Crippen molar-refractivity contribution in [2.24, 2.45) is 11.1 Å². The second-order valence-electron chi connectivity index (χ2n) is 3.50. The van der Waals surface area contributed by atoms with Crippen LogP contribution >= 0.6 is 11.8 Å². The van der Waals surface area contributed by atoms with Crippen molar-refractivity contribution >= 4 is 17.6 Å². The zero-order valence-electron chi connectivity index (χ0n) is 7.61. The lowest BCUT2D eigenvalue weighted by atomic mass is 9.91. The van der Waals surface area contributed by atoms with Crippen molar-refractivity contribution in [2.75, 3.05) is 11.5 Å². The molecule has 0 fully saturated rings. The van der Waals surface area contributed by atoms with Gasteiger partial charge in [-0.15, -0.1) is 0 Å². The third-order valence-corrected chi connectivity index (χ3v) is 2.76. The van der Waals surface area contributed by atoms with Crippen LogP contribution in [0, 0.1) is 10.8 Å². The minimum absolute atomic E-state index is 0.187. The molecule has 0 bridgehead atoms. The molecule has 0 rings (SSSR count). The number of hydrogen-bond acceptors (Lipinski definition) is 2. The lowest BCUT2D eigenvalue weighted by molar-refractivity contribution is 0.442. The summed E-state index contributed by atoms with van der Waals surface area (Å²) >= 11 is 1.90. The highest BCUT2D eigenvalue weighted by Crippen LogP contribution is 2.25. The lowest BCUT2D eigenvalue weighted by Gasteiger charge is -2.22. The minimum Gasteiger partial charge on any atom is -0.388 e. The SMILES string of the molecule is CCSCC(C)(C)CC(=N)N. The predicted molar refractivity (Wildman–Crippen MR) is 53.3 cm³/mol. The van der Waals surface area contributed by atoms with E-state index in [0.717, 1.165) is 11.5 Å².